The first kappa shape index (κ1) is 21.2. The van der Waals surface area contributed by atoms with Gasteiger partial charge in [0.25, 0.3) is 11.5 Å². The maximum absolute atomic E-state index is 14.4. The van der Waals surface area contributed by atoms with Gasteiger partial charge in [0.2, 0.25) is 5.95 Å². The van der Waals surface area contributed by atoms with Gasteiger partial charge in [0, 0.05) is 20.2 Å². The van der Waals surface area contributed by atoms with Crippen molar-refractivity contribution >= 4 is 23.6 Å². The number of benzene rings is 1. The molecule has 2 N–H and O–H groups in total. The Morgan fingerprint density at radius 3 is 2.45 bits per heavy atom. The van der Waals surface area contributed by atoms with Crippen LogP contribution in [0, 0.1) is 11.7 Å². The molecule has 1 atom stereocenters. The van der Waals surface area contributed by atoms with E-state index in [-0.39, 0.29) is 17.6 Å². The number of thioether (sulfide) groups is 1. The van der Waals surface area contributed by atoms with E-state index in [9.17, 15) is 27.2 Å². The number of alkyl halides is 3. The van der Waals surface area contributed by atoms with Crippen LogP contribution in [0.15, 0.2) is 34.0 Å². The van der Waals surface area contributed by atoms with Gasteiger partial charge in [-0.2, -0.15) is 13.2 Å². The molecule has 6 nitrogen and oxygen atoms in total. The molecule has 1 saturated carbocycles. The van der Waals surface area contributed by atoms with E-state index in [4.69, 9.17) is 5.73 Å². The summed E-state index contributed by atoms with van der Waals surface area (Å²) in [5.74, 6) is -1.73. The highest BCUT2D eigenvalue weighted by Gasteiger charge is 2.37. The predicted molar refractivity (Wildman–Crippen MR) is 101 cm³/mol. The zero-order chi connectivity index (χ0) is 21.5. The van der Waals surface area contributed by atoms with Crippen molar-refractivity contribution in [3.63, 3.8) is 0 Å². The van der Waals surface area contributed by atoms with Crippen molar-refractivity contribution in [2.24, 2.45) is 11.7 Å². The van der Waals surface area contributed by atoms with Crippen molar-refractivity contribution in [2.75, 3.05) is 19.0 Å². The standard InChI is InChI=1S/C18H18F4N4O2S/c1-25(2)17-24-12(16(23)28)8-14(27)26(17)15(9-3-4-9)10-5-6-13(11(19)7-10)29-18(20,21)22/h5-9,15H,3-4H2,1-2H3,(H2,23,28)/t15-/m1/s1. The average molecular weight is 430 g/mol. The lowest BCUT2D eigenvalue weighted by Gasteiger charge is -2.26. The van der Waals surface area contributed by atoms with E-state index >= 15 is 0 Å². The molecular weight excluding hydrogens is 412 g/mol. The highest BCUT2D eigenvalue weighted by atomic mass is 32.2. The Labute approximate surface area is 167 Å². The van der Waals surface area contributed by atoms with Crippen LogP contribution in [0.25, 0.3) is 0 Å². The van der Waals surface area contributed by atoms with E-state index in [2.05, 4.69) is 4.98 Å². The Morgan fingerprint density at radius 1 is 1.31 bits per heavy atom. The minimum atomic E-state index is -4.61. The molecular formula is C18H18F4N4O2S. The van der Waals surface area contributed by atoms with Crippen molar-refractivity contribution in [2.45, 2.75) is 29.3 Å². The second-order valence-electron chi connectivity index (χ2n) is 6.93. The number of halogens is 4. The number of anilines is 1. The number of hydrogen-bond donors (Lipinski definition) is 1. The van der Waals surface area contributed by atoms with Gasteiger partial charge in [-0.1, -0.05) is 6.07 Å². The Bertz CT molecular complexity index is 1000. The number of rotatable bonds is 6. The van der Waals surface area contributed by atoms with Gasteiger partial charge in [-0.15, -0.1) is 0 Å². The van der Waals surface area contributed by atoms with Gasteiger partial charge in [-0.25, -0.2) is 9.37 Å². The number of hydrogen-bond acceptors (Lipinski definition) is 5. The topological polar surface area (TPSA) is 81.2 Å². The van der Waals surface area contributed by atoms with E-state index in [0.29, 0.717) is 5.56 Å². The summed E-state index contributed by atoms with van der Waals surface area (Å²) in [5.41, 5.74) is 0.230. The lowest BCUT2D eigenvalue weighted by molar-refractivity contribution is -0.0329. The molecule has 1 heterocycles. The van der Waals surface area contributed by atoms with Crippen LogP contribution in [0.3, 0.4) is 0 Å². The largest absolute Gasteiger partial charge is 0.446 e. The van der Waals surface area contributed by atoms with E-state index in [1.165, 1.54) is 15.5 Å². The minimum absolute atomic E-state index is 0.00635. The predicted octanol–water partition coefficient (Wildman–Crippen LogP) is 3.16. The molecule has 0 unspecified atom stereocenters. The summed E-state index contributed by atoms with van der Waals surface area (Å²) in [6.07, 6.45) is 1.53. The zero-order valence-corrected chi connectivity index (χ0v) is 16.4. The molecule has 29 heavy (non-hydrogen) atoms. The molecule has 156 valence electrons. The lowest BCUT2D eigenvalue weighted by Crippen LogP contribution is -2.34. The summed E-state index contributed by atoms with van der Waals surface area (Å²) in [7, 11) is 3.24. The molecule has 0 saturated heterocycles. The van der Waals surface area contributed by atoms with E-state index in [0.717, 1.165) is 31.0 Å². The average Bonchev–Trinajstić information content (AvgIpc) is 3.42. The Balaban J connectivity index is 2.12. The molecule has 11 heteroatoms. The van der Waals surface area contributed by atoms with Crippen LogP contribution in [-0.2, 0) is 0 Å². The lowest BCUT2D eigenvalue weighted by atomic mass is 10.0. The fraction of sp³-hybridized carbons (Fsp3) is 0.389. The van der Waals surface area contributed by atoms with Crippen molar-refractivity contribution in [1.82, 2.24) is 9.55 Å². The monoisotopic (exact) mass is 430 g/mol. The summed E-state index contributed by atoms with van der Waals surface area (Å²) < 4.78 is 53.4. The molecule has 1 aliphatic carbocycles. The second-order valence-corrected chi connectivity index (χ2v) is 8.04. The second kappa shape index (κ2) is 7.69. The summed E-state index contributed by atoms with van der Waals surface area (Å²) in [6.45, 7) is 0. The number of amides is 1. The maximum Gasteiger partial charge on any atom is 0.446 e. The van der Waals surface area contributed by atoms with Crippen molar-refractivity contribution < 1.29 is 22.4 Å². The highest BCUT2D eigenvalue weighted by Crippen LogP contribution is 2.45. The Kier molecular flexibility index (Phi) is 5.61. The van der Waals surface area contributed by atoms with Crippen LogP contribution >= 0.6 is 11.8 Å². The molecule has 0 bridgehead atoms. The molecule has 0 aliphatic heterocycles. The first-order valence-electron chi connectivity index (χ1n) is 8.64. The van der Waals surface area contributed by atoms with Gasteiger partial charge in [0.1, 0.15) is 11.5 Å². The van der Waals surface area contributed by atoms with Crippen LogP contribution in [-0.4, -0.2) is 35.1 Å². The maximum atomic E-state index is 14.4. The molecule has 2 aromatic rings. The van der Waals surface area contributed by atoms with Crippen molar-refractivity contribution in [3.05, 3.63) is 51.7 Å². The van der Waals surface area contributed by atoms with Gasteiger partial charge in [0.15, 0.2) is 0 Å². The smallest absolute Gasteiger partial charge is 0.364 e. The molecule has 1 aliphatic rings. The minimum Gasteiger partial charge on any atom is -0.364 e. The third kappa shape index (κ3) is 4.72. The number of aromatic nitrogens is 2. The van der Waals surface area contributed by atoms with Crippen LogP contribution in [0.1, 0.15) is 34.9 Å². The van der Waals surface area contributed by atoms with Gasteiger partial charge in [-0.3, -0.25) is 14.2 Å². The third-order valence-electron chi connectivity index (χ3n) is 4.46. The molecule has 1 fully saturated rings. The summed E-state index contributed by atoms with van der Waals surface area (Å²) in [6, 6.07) is 3.84. The fourth-order valence-corrected chi connectivity index (χ4v) is 3.68. The van der Waals surface area contributed by atoms with Gasteiger partial charge in [0.05, 0.1) is 10.9 Å². The number of nitrogens with two attached hydrogens (primary N) is 1. The van der Waals surface area contributed by atoms with Crippen LogP contribution in [0.4, 0.5) is 23.5 Å². The third-order valence-corrected chi connectivity index (χ3v) is 5.24. The van der Waals surface area contributed by atoms with Crippen LogP contribution < -0.4 is 16.2 Å². The number of carbonyl (C=O) groups excluding carboxylic acids is 1. The summed E-state index contributed by atoms with van der Waals surface area (Å²) in [5, 5.41) is 0. The summed E-state index contributed by atoms with van der Waals surface area (Å²) in [4.78, 5) is 29.4. The molecule has 3 rings (SSSR count). The Hall–Kier alpha value is -2.56. The van der Waals surface area contributed by atoms with Gasteiger partial charge in [-0.05, 0) is 48.2 Å². The fourth-order valence-electron chi connectivity index (χ4n) is 3.13. The molecule has 0 spiro atoms. The SMILES string of the molecule is CN(C)c1nc(C(N)=O)cc(=O)n1[C@@H](c1ccc(SC(F)(F)F)c(F)c1)C1CC1. The van der Waals surface area contributed by atoms with E-state index in [1.54, 1.807) is 14.1 Å². The first-order chi connectivity index (χ1) is 13.5. The number of carbonyl (C=O) groups is 1. The zero-order valence-electron chi connectivity index (χ0n) is 15.5. The number of nitrogens with zero attached hydrogens (tertiary/aromatic N) is 3. The normalized spacial score (nSPS) is 15.2. The summed E-state index contributed by atoms with van der Waals surface area (Å²) >= 11 is -0.532. The van der Waals surface area contributed by atoms with E-state index < -0.39 is 45.5 Å². The molecule has 1 amide bonds. The highest BCUT2D eigenvalue weighted by molar-refractivity contribution is 8.00. The Morgan fingerprint density at radius 2 is 1.97 bits per heavy atom. The van der Waals surface area contributed by atoms with E-state index in [1.807, 2.05) is 0 Å². The van der Waals surface area contributed by atoms with Crippen LogP contribution in [0.2, 0.25) is 0 Å². The molecule has 1 aromatic carbocycles. The molecule has 0 radical (unpaired) electrons. The van der Waals surface area contributed by atoms with Crippen LogP contribution in [0.5, 0.6) is 0 Å². The van der Waals surface area contributed by atoms with Crippen molar-refractivity contribution in [1.29, 1.82) is 0 Å². The number of primary amides is 1. The van der Waals surface area contributed by atoms with Crippen molar-refractivity contribution in [3.8, 4) is 0 Å². The van der Waals surface area contributed by atoms with Gasteiger partial charge < -0.3 is 10.6 Å². The van der Waals surface area contributed by atoms with Gasteiger partial charge >= 0.3 is 5.51 Å². The molecule has 1 aromatic heterocycles. The first-order valence-corrected chi connectivity index (χ1v) is 9.45. The quantitative estimate of drug-likeness (QED) is 0.563.